The van der Waals surface area contributed by atoms with Crippen LogP contribution in [0.4, 0.5) is 0 Å². The number of hydrogen-bond acceptors (Lipinski definition) is 1. The van der Waals surface area contributed by atoms with E-state index < -0.39 is 0 Å². The largest absolute Gasteiger partial charge is 0.496 e. The van der Waals surface area contributed by atoms with Crippen LogP contribution in [0, 0.1) is 25.3 Å². The van der Waals surface area contributed by atoms with E-state index in [2.05, 4.69) is 25.0 Å². The zero-order chi connectivity index (χ0) is 12.3. The van der Waals surface area contributed by atoms with Crippen molar-refractivity contribution in [2.24, 2.45) is 0 Å². The summed E-state index contributed by atoms with van der Waals surface area (Å²) in [4.78, 5) is 0. The minimum absolute atomic E-state index is 0.757. The number of aryl methyl sites for hydroxylation is 1. The highest BCUT2D eigenvalue weighted by atomic mass is 16.5. The van der Waals surface area contributed by atoms with Crippen molar-refractivity contribution in [3.05, 3.63) is 53.6 Å². The summed E-state index contributed by atoms with van der Waals surface area (Å²) in [5.41, 5.74) is 4.07. The van der Waals surface area contributed by atoms with E-state index in [1.807, 2.05) is 30.3 Å². The third kappa shape index (κ3) is 2.16. The van der Waals surface area contributed by atoms with Crippen LogP contribution in [0.25, 0.3) is 11.1 Å². The first kappa shape index (κ1) is 11.3. The zero-order valence-electron chi connectivity index (χ0n) is 9.95. The van der Waals surface area contributed by atoms with E-state index >= 15 is 0 Å². The van der Waals surface area contributed by atoms with Gasteiger partial charge in [-0.05, 0) is 36.2 Å². The SMILES string of the molecule is C#Cc1[c]ccc(-c2c(C)cccc2OC)c1. The molecule has 0 aromatic heterocycles. The number of terminal acetylenes is 1. The van der Waals surface area contributed by atoms with E-state index in [1.54, 1.807) is 7.11 Å². The Morgan fingerprint density at radius 3 is 2.82 bits per heavy atom. The molecule has 0 bridgehead atoms. The Morgan fingerprint density at radius 1 is 1.29 bits per heavy atom. The molecule has 0 heterocycles. The van der Waals surface area contributed by atoms with Crippen molar-refractivity contribution >= 4 is 0 Å². The smallest absolute Gasteiger partial charge is 0.126 e. The minimum Gasteiger partial charge on any atom is -0.496 e. The molecule has 0 aliphatic carbocycles. The van der Waals surface area contributed by atoms with Gasteiger partial charge >= 0.3 is 0 Å². The lowest BCUT2D eigenvalue weighted by Crippen LogP contribution is -1.91. The number of hydrogen-bond donors (Lipinski definition) is 0. The molecular weight excluding hydrogens is 208 g/mol. The summed E-state index contributed by atoms with van der Waals surface area (Å²) in [5.74, 6) is 3.46. The van der Waals surface area contributed by atoms with Crippen molar-refractivity contribution in [2.45, 2.75) is 6.92 Å². The maximum absolute atomic E-state index is 5.39. The van der Waals surface area contributed by atoms with Crippen LogP contribution in [0.15, 0.2) is 36.4 Å². The molecule has 0 saturated carbocycles. The molecule has 0 spiro atoms. The first-order valence-electron chi connectivity index (χ1n) is 5.38. The van der Waals surface area contributed by atoms with Gasteiger partial charge < -0.3 is 4.74 Å². The van der Waals surface area contributed by atoms with E-state index in [4.69, 9.17) is 11.2 Å². The quantitative estimate of drug-likeness (QED) is 0.706. The molecule has 0 saturated heterocycles. The van der Waals surface area contributed by atoms with Gasteiger partial charge in [-0.15, -0.1) is 6.42 Å². The second kappa shape index (κ2) is 4.76. The molecule has 0 amide bonds. The fourth-order valence-corrected chi connectivity index (χ4v) is 1.89. The molecule has 2 rings (SSSR count). The summed E-state index contributed by atoms with van der Waals surface area (Å²) in [7, 11) is 1.68. The van der Waals surface area contributed by atoms with Crippen molar-refractivity contribution < 1.29 is 4.74 Å². The second-order valence-corrected chi connectivity index (χ2v) is 3.79. The van der Waals surface area contributed by atoms with Crippen LogP contribution in [-0.2, 0) is 0 Å². The fourth-order valence-electron chi connectivity index (χ4n) is 1.89. The first-order valence-corrected chi connectivity index (χ1v) is 5.38. The molecule has 2 aromatic carbocycles. The highest BCUT2D eigenvalue weighted by Crippen LogP contribution is 2.33. The Labute approximate surface area is 102 Å². The van der Waals surface area contributed by atoms with E-state index in [9.17, 15) is 0 Å². The third-order valence-corrected chi connectivity index (χ3v) is 2.70. The highest BCUT2D eigenvalue weighted by molar-refractivity contribution is 5.74. The van der Waals surface area contributed by atoms with Gasteiger partial charge in [0.15, 0.2) is 0 Å². The minimum atomic E-state index is 0.757. The molecule has 1 nitrogen and oxygen atoms in total. The summed E-state index contributed by atoms with van der Waals surface area (Å²) in [6.45, 7) is 2.06. The maximum Gasteiger partial charge on any atom is 0.126 e. The second-order valence-electron chi connectivity index (χ2n) is 3.79. The average Bonchev–Trinajstić information content (AvgIpc) is 2.38. The van der Waals surface area contributed by atoms with Gasteiger partial charge in [-0.2, -0.15) is 0 Å². The van der Waals surface area contributed by atoms with Gasteiger partial charge in [-0.3, -0.25) is 0 Å². The normalized spacial score (nSPS) is 9.71. The lowest BCUT2D eigenvalue weighted by atomic mass is 9.98. The van der Waals surface area contributed by atoms with E-state index in [1.165, 1.54) is 5.56 Å². The molecule has 1 radical (unpaired) electrons. The Kier molecular flexibility index (Phi) is 3.16. The lowest BCUT2D eigenvalue weighted by Gasteiger charge is -2.11. The monoisotopic (exact) mass is 221 g/mol. The van der Waals surface area contributed by atoms with Crippen molar-refractivity contribution in [1.29, 1.82) is 0 Å². The van der Waals surface area contributed by atoms with Gasteiger partial charge in [0.25, 0.3) is 0 Å². The number of benzene rings is 2. The molecule has 0 unspecified atom stereocenters. The van der Waals surface area contributed by atoms with Crippen LogP contribution in [0.2, 0.25) is 0 Å². The summed E-state index contributed by atoms with van der Waals surface area (Å²) >= 11 is 0. The van der Waals surface area contributed by atoms with Crippen LogP contribution in [0.3, 0.4) is 0 Å². The Hall–Kier alpha value is -2.20. The standard InChI is InChI=1S/C16H13O/c1-4-13-8-6-9-14(11-13)16-12(2)7-5-10-15(16)17-3/h1,5-7,9-11H,2-3H3. The lowest BCUT2D eigenvalue weighted by molar-refractivity contribution is 0.416. The number of rotatable bonds is 2. The first-order chi connectivity index (χ1) is 8.26. The van der Waals surface area contributed by atoms with E-state index in [0.29, 0.717) is 0 Å². The Morgan fingerprint density at radius 2 is 2.12 bits per heavy atom. The van der Waals surface area contributed by atoms with Gasteiger partial charge in [0.05, 0.1) is 7.11 Å². The summed E-state index contributed by atoms with van der Waals surface area (Å²) in [6.07, 6.45) is 5.39. The molecular formula is C16H13O. The van der Waals surface area contributed by atoms with Gasteiger partial charge in [0, 0.05) is 11.1 Å². The predicted octanol–water partition coefficient (Wildman–Crippen LogP) is 3.45. The molecule has 1 heteroatoms. The van der Waals surface area contributed by atoms with Crippen LogP contribution in [0.1, 0.15) is 11.1 Å². The van der Waals surface area contributed by atoms with Crippen molar-refractivity contribution in [2.75, 3.05) is 7.11 Å². The molecule has 2 aromatic rings. The molecule has 0 atom stereocenters. The maximum atomic E-state index is 5.39. The summed E-state index contributed by atoms with van der Waals surface area (Å²) in [5, 5.41) is 0. The topological polar surface area (TPSA) is 9.23 Å². The van der Waals surface area contributed by atoms with Crippen molar-refractivity contribution in [1.82, 2.24) is 0 Å². The number of ether oxygens (including phenoxy) is 1. The van der Waals surface area contributed by atoms with Crippen LogP contribution in [-0.4, -0.2) is 7.11 Å². The molecule has 83 valence electrons. The van der Waals surface area contributed by atoms with Crippen molar-refractivity contribution in [3.63, 3.8) is 0 Å². The fraction of sp³-hybridized carbons (Fsp3) is 0.125. The third-order valence-electron chi connectivity index (χ3n) is 2.70. The summed E-state index contributed by atoms with van der Waals surface area (Å²) < 4.78 is 5.39. The summed E-state index contributed by atoms with van der Waals surface area (Å²) in [6, 6.07) is 14.8. The molecule has 0 aliphatic rings. The van der Waals surface area contributed by atoms with Crippen molar-refractivity contribution in [3.8, 4) is 29.2 Å². The molecule has 17 heavy (non-hydrogen) atoms. The Balaban J connectivity index is 2.64. The van der Waals surface area contributed by atoms with Gasteiger partial charge in [0.1, 0.15) is 5.75 Å². The molecule has 0 N–H and O–H groups in total. The van der Waals surface area contributed by atoms with Gasteiger partial charge in [-0.1, -0.05) is 30.2 Å². The molecule has 0 aliphatic heterocycles. The predicted molar refractivity (Wildman–Crippen MR) is 69.9 cm³/mol. The highest BCUT2D eigenvalue weighted by Gasteiger charge is 2.08. The Bertz CT molecular complexity index is 576. The van der Waals surface area contributed by atoms with Crippen LogP contribution < -0.4 is 4.74 Å². The van der Waals surface area contributed by atoms with E-state index in [0.717, 1.165) is 22.4 Å². The van der Waals surface area contributed by atoms with Gasteiger partial charge in [-0.25, -0.2) is 0 Å². The molecule has 0 fully saturated rings. The van der Waals surface area contributed by atoms with Crippen LogP contribution >= 0.6 is 0 Å². The van der Waals surface area contributed by atoms with Gasteiger partial charge in [0.2, 0.25) is 0 Å². The van der Waals surface area contributed by atoms with E-state index in [-0.39, 0.29) is 0 Å². The zero-order valence-corrected chi connectivity index (χ0v) is 9.95. The average molecular weight is 221 g/mol. The van der Waals surface area contributed by atoms with Crippen LogP contribution in [0.5, 0.6) is 5.75 Å². The number of methoxy groups -OCH3 is 1.